The molecule has 2 rings (SSSR count). The molecule has 0 aromatic carbocycles. The number of aromatic nitrogens is 2. The summed E-state index contributed by atoms with van der Waals surface area (Å²) in [6, 6.07) is 0.585. The van der Waals surface area contributed by atoms with Crippen LogP contribution < -0.4 is 10.6 Å². The summed E-state index contributed by atoms with van der Waals surface area (Å²) in [5, 5.41) is 6.97. The van der Waals surface area contributed by atoms with Gasteiger partial charge in [0, 0.05) is 24.6 Å². The Bertz CT molecular complexity index is 411. The monoisotopic (exact) mass is 262 g/mol. The predicted octanol–water partition coefficient (Wildman–Crippen LogP) is 3.52. The molecule has 0 aliphatic heterocycles. The van der Waals surface area contributed by atoms with Crippen LogP contribution in [0.1, 0.15) is 57.3 Å². The molecule has 0 saturated heterocycles. The van der Waals surface area contributed by atoms with Gasteiger partial charge in [0.15, 0.2) is 0 Å². The first kappa shape index (κ1) is 14.1. The van der Waals surface area contributed by atoms with Crippen LogP contribution in [0.5, 0.6) is 0 Å². The van der Waals surface area contributed by atoms with Gasteiger partial charge in [0.1, 0.15) is 17.5 Å². The quantitative estimate of drug-likeness (QED) is 0.852. The highest BCUT2D eigenvalue weighted by Gasteiger charge is 2.16. The van der Waals surface area contributed by atoms with Crippen molar-refractivity contribution in [3.05, 3.63) is 11.4 Å². The maximum Gasteiger partial charge on any atom is 0.134 e. The van der Waals surface area contributed by atoms with Crippen LogP contribution in [0.25, 0.3) is 0 Å². The molecule has 0 unspecified atom stereocenters. The van der Waals surface area contributed by atoms with Gasteiger partial charge < -0.3 is 10.6 Å². The molecule has 0 bridgehead atoms. The van der Waals surface area contributed by atoms with E-state index in [0.29, 0.717) is 6.04 Å². The summed E-state index contributed by atoms with van der Waals surface area (Å²) in [4.78, 5) is 9.24. The highest BCUT2D eigenvalue weighted by molar-refractivity contribution is 5.57. The molecular weight excluding hydrogens is 236 g/mol. The van der Waals surface area contributed by atoms with E-state index in [1.165, 1.54) is 32.1 Å². The molecule has 0 atom stereocenters. The zero-order valence-electron chi connectivity index (χ0n) is 12.4. The number of hydrogen-bond acceptors (Lipinski definition) is 4. The Balaban J connectivity index is 2.19. The van der Waals surface area contributed by atoms with Crippen molar-refractivity contribution in [2.75, 3.05) is 17.2 Å². The molecule has 0 spiro atoms. The lowest BCUT2D eigenvalue weighted by Crippen LogP contribution is -2.24. The maximum absolute atomic E-state index is 4.67. The molecule has 4 nitrogen and oxygen atoms in total. The molecule has 2 N–H and O–H groups in total. The van der Waals surface area contributed by atoms with Crippen molar-refractivity contribution >= 4 is 11.6 Å². The lowest BCUT2D eigenvalue weighted by Gasteiger charge is -2.25. The molecule has 1 aliphatic carbocycles. The number of nitrogens with zero attached hydrogens (tertiary/aromatic N) is 2. The minimum absolute atomic E-state index is 0.585. The SMILES string of the molecule is CCNc1nc(CC)nc(NC2CCCCC2)c1C. The Kier molecular flexibility index (Phi) is 5.00. The van der Waals surface area contributed by atoms with Gasteiger partial charge in [0.2, 0.25) is 0 Å². The van der Waals surface area contributed by atoms with Crippen LogP contribution in [-0.4, -0.2) is 22.6 Å². The van der Waals surface area contributed by atoms with Gasteiger partial charge >= 0.3 is 0 Å². The second-order valence-electron chi connectivity index (χ2n) is 5.33. The molecule has 1 saturated carbocycles. The van der Waals surface area contributed by atoms with Gasteiger partial charge in [-0.05, 0) is 26.7 Å². The zero-order chi connectivity index (χ0) is 13.7. The number of aryl methyl sites for hydroxylation is 1. The lowest BCUT2D eigenvalue weighted by molar-refractivity contribution is 0.461. The molecule has 4 heteroatoms. The average Bonchev–Trinajstić information content (AvgIpc) is 2.44. The van der Waals surface area contributed by atoms with Gasteiger partial charge in [0.05, 0.1) is 0 Å². The van der Waals surface area contributed by atoms with Gasteiger partial charge in [-0.2, -0.15) is 0 Å². The van der Waals surface area contributed by atoms with Crippen molar-refractivity contribution in [2.45, 2.75) is 65.3 Å². The first-order valence-electron chi connectivity index (χ1n) is 7.62. The van der Waals surface area contributed by atoms with E-state index in [1.54, 1.807) is 0 Å². The van der Waals surface area contributed by atoms with E-state index in [9.17, 15) is 0 Å². The summed E-state index contributed by atoms with van der Waals surface area (Å²) in [5.41, 5.74) is 1.14. The average molecular weight is 262 g/mol. The molecule has 0 radical (unpaired) electrons. The van der Waals surface area contributed by atoms with Crippen LogP contribution in [0.3, 0.4) is 0 Å². The third kappa shape index (κ3) is 3.58. The van der Waals surface area contributed by atoms with Crippen LogP contribution in [0.4, 0.5) is 11.6 Å². The minimum atomic E-state index is 0.585. The van der Waals surface area contributed by atoms with E-state index in [4.69, 9.17) is 0 Å². The number of anilines is 2. The summed E-state index contributed by atoms with van der Waals surface area (Å²) in [6.45, 7) is 7.19. The highest BCUT2D eigenvalue weighted by atomic mass is 15.1. The van der Waals surface area contributed by atoms with Gasteiger partial charge in [-0.1, -0.05) is 26.2 Å². The Morgan fingerprint density at radius 1 is 1.05 bits per heavy atom. The van der Waals surface area contributed by atoms with Gasteiger partial charge in [-0.3, -0.25) is 0 Å². The van der Waals surface area contributed by atoms with Crippen molar-refractivity contribution in [3.8, 4) is 0 Å². The smallest absolute Gasteiger partial charge is 0.134 e. The lowest BCUT2D eigenvalue weighted by atomic mass is 9.95. The maximum atomic E-state index is 4.67. The van der Waals surface area contributed by atoms with Crippen LogP contribution in [0.15, 0.2) is 0 Å². The van der Waals surface area contributed by atoms with Gasteiger partial charge in [0.25, 0.3) is 0 Å². The molecule has 1 heterocycles. The second-order valence-corrected chi connectivity index (χ2v) is 5.33. The third-order valence-corrected chi connectivity index (χ3v) is 3.80. The second kappa shape index (κ2) is 6.73. The predicted molar refractivity (Wildman–Crippen MR) is 80.8 cm³/mol. The first-order chi connectivity index (χ1) is 9.24. The summed E-state index contributed by atoms with van der Waals surface area (Å²) < 4.78 is 0. The molecule has 0 amide bonds. The summed E-state index contributed by atoms with van der Waals surface area (Å²) >= 11 is 0. The Morgan fingerprint density at radius 3 is 2.37 bits per heavy atom. The van der Waals surface area contributed by atoms with Crippen LogP contribution in [-0.2, 0) is 6.42 Å². The number of hydrogen-bond donors (Lipinski definition) is 2. The largest absolute Gasteiger partial charge is 0.370 e. The highest BCUT2D eigenvalue weighted by Crippen LogP contribution is 2.25. The molecular formula is C15H26N4. The fraction of sp³-hybridized carbons (Fsp3) is 0.733. The Morgan fingerprint density at radius 2 is 1.74 bits per heavy atom. The van der Waals surface area contributed by atoms with Crippen molar-refractivity contribution in [1.29, 1.82) is 0 Å². The van der Waals surface area contributed by atoms with E-state index in [0.717, 1.165) is 36.0 Å². The van der Waals surface area contributed by atoms with E-state index in [2.05, 4.69) is 41.4 Å². The summed E-state index contributed by atoms with van der Waals surface area (Å²) in [5.74, 6) is 2.92. The Hall–Kier alpha value is -1.32. The van der Waals surface area contributed by atoms with Crippen LogP contribution in [0.2, 0.25) is 0 Å². The van der Waals surface area contributed by atoms with E-state index < -0.39 is 0 Å². The third-order valence-electron chi connectivity index (χ3n) is 3.80. The topological polar surface area (TPSA) is 49.8 Å². The molecule has 1 fully saturated rings. The van der Waals surface area contributed by atoms with E-state index in [1.807, 2.05) is 0 Å². The fourth-order valence-corrected chi connectivity index (χ4v) is 2.64. The van der Waals surface area contributed by atoms with E-state index in [-0.39, 0.29) is 0 Å². The molecule has 106 valence electrons. The first-order valence-corrected chi connectivity index (χ1v) is 7.62. The van der Waals surface area contributed by atoms with Crippen LogP contribution in [0, 0.1) is 6.92 Å². The van der Waals surface area contributed by atoms with Crippen molar-refractivity contribution in [2.24, 2.45) is 0 Å². The van der Waals surface area contributed by atoms with Crippen molar-refractivity contribution in [3.63, 3.8) is 0 Å². The Labute approximate surface area is 116 Å². The molecule has 19 heavy (non-hydrogen) atoms. The van der Waals surface area contributed by atoms with Crippen molar-refractivity contribution in [1.82, 2.24) is 9.97 Å². The molecule has 1 aromatic rings. The summed E-state index contributed by atoms with van der Waals surface area (Å²) in [6.07, 6.45) is 7.45. The number of rotatable bonds is 5. The normalized spacial score (nSPS) is 16.4. The van der Waals surface area contributed by atoms with Gasteiger partial charge in [-0.15, -0.1) is 0 Å². The van der Waals surface area contributed by atoms with Crippen LogP contribution >= 0.6 is 0 Å². The molecule has 1 aromatic heterocycles. The number of nitrogens with one attached hydrogen (secondary N) is 2. The van der Waals surface area contributed by atoms with Gasteiger partial charge in [-0.25, -0.2) is 9.97 Å². The zero-order valence-corrected chi connectivity index (χ0v) is 12.4. The molecule has 1 aliphatic rings. The standard InChI is InChI=1S/C15H26N4/c1-4-13-18-14(16-5-2)11(3)15(19-13)17-12-9-7-6-8-10-12/h12H,4-10H2,1-3H3,(H2,16,17,18,19). The summed E-state index contributed by atoms with van der Waals surface area (Å²) in [7, 11) is 0. The van der Waals surface area contributed by atoms with Crippen molar-refractivity contribution < 1.29 is 0 Å². The minimum Gasteiger partial charge on any atom is -0.370 e. The van der Waals surface area contributed by atoms with E-state index >= 15 is 0 Å². The fourth-order valence-electron chi connectivity index (χ4n) is 2.64.